The van der Waals surface area contributed by atoms with Crippen LogP contribution in [0.5, 0.6) is 5.75 Å². The van der Waals surface area contributed by atoms with E-state index < -0.39 is 5.54 Å². The van der Waals surface area contributed by atoms with Crippen molar-refractivity contribution >= 4 is 22.4 Å². The largest absolute Gasteiger partial charge is 0.493 e. The lowest BCUT2D eigenvalue weighted by molar-refractivity contribution is -0.120. The minimum Gasteiger partial charge on any atom is -0.493 e. The molecule has 1 aromatic heterocycles. The van der Waals surface area contributed by atoms with Crippen molar-refractivity contribution in [3.05, 3.63) is 29.1 Å². The summed E-state index contributed by atoms with van der Waals surface area (Å²) in [6.45, 7) is 4.50. The number of hydrogen-bond acceptors (Lipinski definition) is 5. The number of carbonyl (C=O) groups is 1. The maximum absolute atomic E-state index is 12.2. The zero-order chi connectivity index (χ0) is 16.4. The van der Waals surface area contributed by atoms with Crippen molar-refractivity contribution in [3.8, 4) is 17.0 Å². The summed E-state index contributed by atoms with van der Waals surface area (Å²) in [4.78, 5) is 16.7. The Morgan fingerprint density at radius 3 is 3.13 bits per heavy atom. The molecule has 1 aliphatic rings. The lowest BCUT2D eigenvalue weighted by atomic mass is 9.97. The Hall–Kier alpha value is -1.92. The number of aromatic nitrogens is 1. The molecule has 3 N–H and O–H groups in total. The van der Waals surface area contributed by atoms with Gasteiger partial charge in [-0.2, -0.15) is 0 Å². The van der Waals surface area contributed by atoms with E-state index >= 15 is 0 Å². The molecule has 0 radical (unpaired) electrons. The normalized spacial score (nSPS) is 15.6. The maximum atomic E-state index is 12.2. The molecule has 0 aliphatic carbocycles. The highest BCUT2D eigenvalue weighted by Crippen LogP contribution is 2.32. The molecule has 0 fully saturated rings. The molecular weight excluding hydrogens is 310 g/mol. The summed E-state index contributed by atoms with van der Waals surface area (Å²) in [6.07, 6.45) is 2.43. The molecule has 0 bridgehead atoms. The second kappa shape index (κ2) is 6.29. The number of benzene rings is 1. The van der Waals surface area contributed by atoms with E-state index in [1.165, 1.54) is 16.9 Å². The number of thiazole rings is 1. The van der Waals surface area contributed by atoms with E-state index in [1.807, 2.05) is 24.4 Å². The Bertz CT molecular complexity index is 724. The highest BCUT2D eigenvalue weighted by Gasteiger charge is 2.27. The molecule has 6 heteroatoms. The average Bonchev–Trinajstić information content (AvgIpc) is 3.14. The molecule has 1 amide bonds. The van der Waals surface area contributed by atoms with Gasteiger partial charge in [-0.15, -0.1) is 11.3 Å². The Morgan fingerprint density at radius 1 is 1.52 bits per heavy atom. The van der Waals surface area contributed by atoms with Crippen LogP contribution in [0.25, 0.3) is 11.3 Å². The Labute approximate surface area is 139 Å². The number of hydrogen-bond donors (Lipinski definition) is 2. The van der Waals surface area contributed by atoms with E-state index in [9.17, 15) is 4.79 Å². The van der Waals surface area contributed by atoms with Crippen LogP contribution in [0.2, 0.25) is 0 Å². The Morgan fingerprint density at radius 2 is 2.35 bits per heavy atom. The summed E-state index contributed by atoms with van der Waals surface area (Å²) in [6, 6.07) is 6.08. The summed E-state index contributed by atoms with van der Waals surface area (Å²) in [5.41, 5.74) is 8.28. The zero-order valence-corrected chi connectivity index (χ0v) is 14.2. The number of anilines is 1. The second-order valence-corrected chi connectivity index (χ2v) is 6.94. The Kier molecular flexibility index (Phi) is 4.37. The van der Waals surface area contributed by atoms with Gasteiger partial charge in [0.2, 0.25) is 5.91 Å². The first-order valence-electron chi connectivity index (χ1n) is 7.81. The lowest BCUT2D eigenvalue weighted by Crippen LogP contribution is -2.48. The van der Waals surface area contributed by atoms with Crippen LogP contribution in [0, 0.1) is 0 Å². The third-order valence-corrected chi connectivity index (χ3v) is 4.76. The van der Waals surface area contributed by atoms with E-state index in [0.29, 0.717) is 11.6 Å². The van der Waals surface area contributed by atoms with Gasteiger partial charge in [-0.3, -0.25) is 4.79 Å². The highest BCUT2D eigenvalue weighted by atomic mass is 32.1. The standard InChI is InChI=1S/C17H21N3O2S/c1-3-7-17(2,18)15(21)20-16-19-13(10-23-16)11-4-5-14-12(9-11)6-8-22-14/h4-5,9-10H,3,6-8,18H2,1-2H3,(H,19,20,21). The quantitative estimate of drug-likeness (QED) is 0.882. The first-order chi connectivity index (χ1) is 11.0. The van der Waals surface area contributed by atoms with Crippen LogP contribution in [0.4, 0.5) is 5.13 Å². The smallest absolute Gasteiger partial charge is 0.245 e. The van der Waals surface area contributed by atoms with Gasteiger partial charge in [0, 0.05) is 17.4 Å². The Balaban J connectivity index is 1.75. The van der Waals surface area contributed by atoms with Crippen LogP contribution in [0.15, 0.2) is 23.6 Å². The van der Waals surface area contributed by atoms with Gasteiger partial charge in [-0.05, 0) is 37.1 Å². The predicted octanol–water partition coefficient (Wildman–Crippen LogP) is 3.20. The fraction of sp³-hybridized carbons (Fsp3) is 0.412. The van der Waals surface area contributed by atoms with E-state index in [4.69, 9.17) is 10.5 Å². The van der Waals surface area contributed by atoms with E-state index in [0.717, 1.165) is 36.5 Å². The first kappa shape index (κ1) is 16.0. The molecule has 1 aromatic carbocycles. The van der Waals surface area contributed by atoms with Gasteiger partial charge < -0.3 is 15.8 Å². The summed E-state index contributed by atoms with van der Waals surface area (Å²) in [7, 11) is 0. The van der Waals surface area contributed by atoms with Gasteiger partial charge in [0.25, 0.3) is 0 Å². The van der Waals surface area contributed by atoms with E-state index in [1.54, 1.807) is 6.92 Å². The number of nitrogens with one attached hydrogen (secondary N) is 1. The summed E-state index contributed by atoms with van der Waals surface area (Å²) in [5.74, 6) is 0.763. The SMILES string of the molecule is CCCC(C)(N)C(=O)Nc1nc(-c2ccc3c(c2)CCO3)cs1. The number of amides is 1. The van der Waals surface area contributed by atoms with Crippen molar-refractivity contribution in [2.24, 2.45) is 5.73 Å². The summed E-state index contributed by atoms with van der Waals surface area (Å²) < 4.78 is 5.52. The zero-order valence-electron chi connectivity index (χ0n) is 13.4. The van der Waals surface area contributed by atoms with Crippen LogP contribution in [-0.4, -0.2) is 23.0 Å². The topological polar surface area (TPSA) is 77.2 Å². The van der Waals surface area contributed by atoms with Gasteiger partial charge >= 0.3 is 0 Å². The number of ether oxygens (including phenoxy) is 1. The molecule has 0 saturated carbocycles. The van der Waals surface area contributed by atoms with Crippen molar-refractivity contribution in [1.29, 1.82) is 0 Å². The summed E-state index contributed by atoms with van der Waals surface area (Å²) >= 11 is 1.41. The van der Waals surface area contributed by atoms with Gasteiger partial charge in [0.1, 0.15) is 5.75 Å². The van der Waals surface area contributed by atoms with Crippen molar-refractivity contribution in [1.82, 2.24) is 4.98 Å². The monoisotopic (exact) mass is 331 g/mol. The summed E-state index contributed by atoms with van der Waals surface area (Å²) in [5, 5.41) is 5.35. The molecule has 1 aliphatic heterocycles. The molecule has 1 atom stereocenters. The molecule has 0 saturated heterocycles. The fourth-order valence-electron chi connectivity index (χ4n) is 2.68. The van der Waals surface area contributed by atoms with Crippen LogP contribution < -0.4 is 15.8 Å². The number of carbonyl (C=O) groups excluding carboxylic acids is 1. The van der Waals surface area contributed by atoms with Crippen molar-refractivity contribution < 1.29 is 9.53 Å². The van der Waals surface area contributed by atoms with Gasteiger partial charge in [-0.25, -0.2) is 4.98 Å². The second-order valence-electron chi connectivity index (χ2n) is 6.08. The molecule has 3 rings (SSSR count). The third-order valence-electron chi connectivity index (χ3n) is 4.00. The highest BCUT2D eigenvalue weighted by molar-refractivity contribution is 7.14. The van der Waals surface area contributed by atoms with Crippen LogP contribution in [0.1, 0.15) is 32.3 Å². The molecule has 0 spiro atoms. The minimum atomic E-state index is -0.870. The molecular formula is C17H21N3O2S. The predicted molar refractivity (Wildman–Crippen MR) is 92.9 cm³/mol. The molecule has 23 heavy (non-hydrogen) atoms. The maximum Gasteiger partial charge on any atom is 0.245 e. The van der Waals surface area contributed by atoms with Gasteiger partial charge in [0.15, 0.2) is 5.13 Å². The number of nitrogens with zero attached hydrogens (tertiary/aromatic N) is 1. The van der Waals surface area contributed by atoms with Crippen LogP contribution >= 0.6 is 11.3 Å². The van der Waals surface area contributed by atoms with E-state index in [2.05, 4.69) is 16.4 Å². The van der Waals surface area contributed by atoms with Crippen LogP contribution in [0.3, 0.4) is 0 Å². The van der Waals surface area contributed by atoms with Crippen molar-refractivity contribution in [2.45, 2.75) is 38.6 Å². The minimum absolute atomic E-state index is 0.192. The van der Waals surface area contributed by atoms with Gasteiger partial charge in [-0.1, -0.05) is 13.3 Å². The molecule has 2 heterocycles. The number of rotatable bonds is 5. The van der Waals surface area contributed by atoms with Gasteiger partial charge in [0.05, 0.1) is 17.8 Å². The molecule has 5 nitrogen and oxygen atoms in total. The number of fused-ring (bicyclic) bond motifs is 1. The van der Waals surface area contributed by atoms with E-state index in [-0.39, 0.29) is 5.91 Å². The average molecular weight is 331 g/mol. The van der Waals surface area contributed by atoms with Crippen molar-refractivity contribution in [3.63, 3.8) is 0 Å². The number of nitrogens with two attached hydrogens (primary N) is 1. The fourth-order valence-corrected chi connectivity index (χ4v) is 3.40. The van der Waals surface area contributed by atoms with Crippen LogP contribution in [-0.2, 0) is 11.2 Å². The third kappa shape index (κ3) is 3.38. The molecule has 1 unspecified atom stereocenters. The molecule has 122 valence electrons. The first-order valence-corrected chi connectivity index (χ1v) is 8.69. The molecule has 2 aromatic rings. The lowest BCUT2D eigenvalue weighted by Gasteiger charge is -2.21. The van der Waals surface area contributed by atoms with Crippen molar-refractivity contribution in [2.75, 3.05) is 11.9 Å².